The number of carboxylic acid groups (broad SMARTS) is 1. The van der Waals surface area contributed by atoms with Gasteiger partial charge in [0.25, 0.3) is 0 Å². The molecule has 0 saturated carbocycles. The Morgan fingerprint density at radius 3 is 2.23 bits per heavy atom. The Hall–Kier alpha value is -3.48. The molecule has 0 fully saturated rings. The van der Waals surface area contributed by atoms with Gasteiger partial charge >= 0.3 is 5.97 Å². The average Bonchev–Trinajstić information content (AvgIpc) is 3.28. The van der Waals surface area contributed by atoms with Crippen LogP contribution in [0.15, 0.2) is 30.5 Å². The summed E-state index contributed by atoms with van der Waals surface area (Å²) in [5.41, 5.74) is 12.9. The van der Waals surface area contributed by atoms with Gasteiger partial charge in [-0.25, -0.2) is 4.79 Å². The third kappa shape index (κ3) is 9.65. The van der Waals surface area contributed by atoms with E-state index in [0.29, 0.717) is 25.8 Å². The molecule has 3 amide bonds. The minimum atomic E-state index is -1.36. The van der Waals surface area contributed by atoms with Gasteiger partial charge in [0.05, 0.1) is 12.1 Å². The predicted octanol–water partition coefficient (Wildman–Crippen LogP) is 0.133. The molecule has 0 aliphatic heterocycles. The number of aromatic nitrogens is 1. The average molecular weight is 547 g/mol. The number of unbranched alkanes of at least 4 members (excludes halogenated alkanes) is 1. The van der Waals surface area contributed by atoms with Crippen LogP contribution >= 0.6 is 0 Å². The molecule has 10 N–H and O–H groups in total. The number of carboxylic acids is 1. The second-order valence-electron chi connectivity index (χ2n) is 10.3. The number of amides is 3. The Balaban J connectivity index is 2.12. The molecule has 2 aromatic rings. The van der Waals surface area contributed by atoms with Gasteiger partial charge in [-0.15, -0.1) is 0 Å². The molecule has 0 aliphatic carbocycles. The van der Waals surface area contributed by atoms with Crippen molar-refractivity contribution in [3.63, 3.8) is 0 Å². The van der Waals surface area contributed by atoms with E-state index in [4.69, 9.17) is 11.5 Å². The fraction of sp³-hybridized carbons (Fsp3) is 0.556. The van der Waals surface area contributed by atoms with Crippen LogP contribution in [0.1, 0.15) is 52.0 Å². The lowest BCUT2D eigenvalue weighted by Crippen LogP contribution is -2.60. The standard InChI is InChI=1S/C27H42N6O6/c1-15(2)12-21(31-26(37)23(16(3)34)33-24(35)19(29)9-6-7-11-28)25(36)32-22(27(38)39)13-17-14-30-20-10-5-4-8-18(17)20/h4-5,8,10,14-16,19,21-23,30,34H,6-7,9,11-13,28-29H2,1-3H3,(H,31,37)(H,32,36)(H,33,35)(H,38,39). The highest BCUT2D eigenvalue weighted by atomic mass is 16.4. The highest BCUT2D eigenvalue weighted by molar-refractivity contribution is 5.94. The van der Waals surface area contributed by atoms with Crippen LogP contribution in [0.3, 0.4) is 0 Å². The highest BCUT2D eigenvalue weighted by Gasteiger charge is 2.33. The molecule has 0 spiro atoms. The highest BCUT2D eigenvalue weighted by Crippen LogP contribution is 2.19. The fourth-order valence-corrected chi connectivity index (χ4v) is 4.26. The lowest BCUT2D eigenvalue weighted by molar-refractivity contribution is -0.142. The summed E-state index contributed by atoms with van der Waals surface area (Å²) in [5.74, 6) is -3.33. The van der Waals surface area contributed by atoms with Crippen molar-refractivity contribution in [2.45, 2.75) is 83.1 Å². The summed E-state index contributed by atoms with van der Waals surface area (Å²) in [7, 11) is 0. The topological polar surface area (TPSA) is 213 Å². The normalized spacial score (nSPS) is 15.3. The van der Waals surface area contributed by atoms with Gasteiger partial charge in [-0.2, -0.15) is 0 Å². The molecule has 0 aliphatic rings. The number of nitrogens with two attached hydrogens (primary N) is 2. The van der Waals surface area contributed by atoms with Gasteiger partial charge in [0.1, 0.15) is 18.1 Å². The number of nitrogens with one attached hydrogen (secondary N) is 4. The lowest BCUT2D eigenvalue weighted by atomic mass is 10.0. The van der Waals surface area contributed by atoms with E-state index in [1.807, 2.05) is 38.1 Å². The first-order chi connectivity index (χ1) is 18.4. The molecule has 5 unspecified atom stereocenters. The summed E-state index contributed by atoms with van der Waals surface area (Å²) in [6, 6.07) is 2.83. The number of carbonyl (C=O) groups excluding carboxylic acids is 3. The third-order valence-corrected chi connectivity index (χ3v) is 6.42. The van der Waals surface area contributed by atoms with Gasteiger partial charge in [-0.3, -0.25) is 14.4 Å². The number of fused-ring (bicyclic) bond motifs is 1. The monoisotopic (exact) mass is 546 g/mol. The Labute approximate surface area is 228 Å². The fourth-order valence-electron chi connectivity index (χ4n) is 4.26. The van der Waals surface area contributed by atoms with Gasteiger partial charge < -0.3 is 42.6 Å². The molecule has 216 valence electrons. The van der Waals surface area contributed by atoms with Crippen molar-refractivity contribution in [3.05, 3.63) is 36.0 Å². The maximum absolute atomic E-state index is 13.2. The van der Waals surface area contributed by atoms with Crippen LogP contribution in [0.5, 0.6) is 0 Å². The Morgan fingerprint density at radius 2 is 1.62 bits per heavy atom. The van der Waals surface area contributed by atoms with Crippen molar-refractivity contribution < 1.29 is 29.4 Å². The van der Waals surface area contributed by atoms with Crippen LogP contribution in [-0.2, 0) is 25.6 Å². The Morgan fingerprint density at radius 1 is 0.949 bits per heavy atom. The Bertz CT molecular complexity index is 1120. The molecule has 39 heavy (non-hydrogen) atoms. The summed E-state index contributed by atoms with van der Waals surface area (Å²) in [5, 5.41) is 28.4. The maximum Gasteiger partial charge on any atom is 0.326 e. The maximum atomic E-state index is 13.2. The second-order valence-corrected chi connectivity index (χ2v) is 10.3. The summed E-state index contributed by atoms with van der Waals surface area (Å²) in [4.78, 5) is 53.9. The van der Waals surface area contributed by atoms with E-state index in [2.05, 4.69) is 20.9 Å². The molecule has 5 atom stereocenters. The van der Waals surface area contributed by atoms with Crippen LogP contribution in [0.4, 0.5) is 0 Å². The van der Waals surface area contributed by atoms with E-state index in [-0.39, 0.29) is 18.8 Å². The quantitative estimate of drug-likeness (QED) is 0.135. The number of aliphatic hydroxyl groups is 1. The van der Waals surface area contributed by atoms with Crippen molar-refractivity contribution in [3.8, 4) is 0 Å². The molecule has 2 rings (SSSR count). The summed E-state index contributed by atoms with van der Waals surface area (Å²) >= 11 is 0. The number of hydrogen-bond donors (Lipinski definition) is 8. The zero-order valence-corrected chi connectivity index (χ0v) is 22.8. The zero-order chi connectivity index (χ0) is 29.1. The molecule has 0 saturated heterocycles. The number of aliphatic carboxylic acids is 1. The first kappa shape index (κ1) is 31.7. The molecule has 12 nitrogen and oxygen atoms in total. The number of aromatic amines is 1. The molecule has 0 radical (unpaired) electrons. The van der Waals surface area contributed by atoms with E-state index < -0.39 is 54.0 Å². The Kier molecular flexibility index (Phi) is 12.4. The largest absolute Gasteiger partial charge is 0.480 e. The van der Waals surface area contributed by atoms with Gasteiger partial charge in [-0.05, 0) is 50.3 Å². The molecule has 0 bridgehead atoms. The van der Waals surface area contributed by atoms with E-state index >= 15 is 0 Å². The molecule has 1 aromatic heterocycles. The second kappa shape index (κ2) is 15.2. The smallest absolute Gasteiger partial charge is 0.326 e. The van der Waals surface area contributed by atoms with Gasteiger partial charge in [-0.1, -0.05) is 38.5 Å². The third-order valence-electron chi connectivity index (χ3n) is 6.42. The van der Waals surface area contributed by atoms with Gasteiger partial charge in [0.15, 0.2) is 0 Å². The van der Waals surface area contributed by atoms with E-state index in [9.17, 15) is 29.4 Å². The molecule has 12 heteroatoms. The van der Waals surface area contributed by atoms with E-state index in [1.165, 1.54) is 6.92 Å². The number of H-pyrrole nitrogens is 1. The lowest BCUT2D eigenvalue weighted by Gasteiger charge is -2.27. The van der Waals surface area contributed by atoms with E-state index in [1.54, 1.807) is 6.20 Å². The summed E-state index contributed by atoms with van der Waals surface area (Å²) in [6.45, 7) is 5.50. The molecular weight excluding hydrogens is 504 g/mol. The SMILES string of the molecule is CC(C)CC(NC(=O)C(NC(=O)C(N)CCCCN)C(C)O)C(=O)NC(Cc1c[nH]c2ccccc12)C(=O)O. The molecule has 1 aromatic carbocycles. The zero-order valence-electron chi connectivity index (χ0n) is 22.8. The minimum Gasteiger partial charge on any atom is -0.480 e. The van der Waals surface area contributed by atoms with Crippen LogP contribution in [-0.4, -0.2) is 75.7 Å². The molecule has 1 heterocycles. The number of hydrogen-bond acceptors (Lipinski definition) is 7. The first-order valence-electron chi connectivity index (χ1n) is 13.3. The number of para-hydroxylation sites is 1. The van der Waals surface area contributed by atoms with Crippen molar-refractivity contribution in [1.82, 2.24) is 20.9 Å². The van der Waals surface area contributed by atoms with Crippen molar-refractivity contribution in [1.29, 1.82) is 0 Å². The number of benzene rings is 1. The molecular formula is C27H42N6O6. The van der Waals surface area contributed by atoms with Crippen LogP contribution in [0, 0.1) is 5.92 Å². The number of aliphatic hydroxyl groups excluding tert-OH is 1. The van der Waals surface area contributed by atoms with Crippen LogP contribution < -0.4 is 27.4 Å². The number of rotatable bonds is 16. The van der Waals surface area contributed by atoms with Crippen LogP contribution in [0.2, 0.25) is 0 Å². The van der Waals surface area contributed by atoms with Crippen LogP contribution in [0.25, 0.3) is 10.9 Å². The first-order valence-corrected chi connectivity index (χ1v) is 13.3. The predicted molar refractivity (Wildman–Crippen MR) is 147 cm³/mol. The van der Waals surface area contributed by atoms with E-state index in [0.717, 1.165) is 16.5 Å². The van der Waals surface area contributed by atoms with Crippen molar-refractivity contribution in [2.24, 2.45) is 17.4 Å². The summed E-state index contributed by atoms with van der Waals surface area (Å²) < 4.78 is 0. The van der Waals surface area contributed by atoms with Gasteiger partial charge in [0, 0.05) is 23.5 Å². The van der Waals surface area contributed by atoms with Crippen molar-refractivity contribution >= 4 is 34.6 Å². The van der Waals surface area contributed by atoms with Gasteiger partial charge in [0.2, 0.25) is 17.7 Å². The summed E-state index contributed by atoms with van der Waals surface area (Å²) in [6.07, 6.45) is 2.36. The number of carbonyl (C=O) groups is 4. The minimum absolute atomic E-state index is 0.0296. The van der Waals surface area contributed by atoms with Crippen molar-refractivity contribution in [2.75, 3.05) is 6.54 Å².